The Balaban J connectivity index is 1.44. The van der Waals surface area contributed by atoms with Crippen molar-refractivity contribution >= 4 is 6.03 Å². The molecule has 3 N–H and O–H groups in total. The first-order chi connectivity index (χ1) is 11.0. The monoisotopic (exact) mass is 327 g/mol. The van der Waals surface area contributed by atoms with Crippen molar-refractivity contribution in [3.63, 3.8) is 0 Å². The Morgan fingerprint density at radius 1 is 1.52 bits per heavy atom. The van der Waals surface area contributed by atoms with Crippen molar-refractivity contribution in [3.8, 4) is 5.88 Å². The largest absolute Gasteiger partial charge is 0.417 e. The number of hydrogen-bond acceptors (Lipinski definition) is 4. The van der Waals surface area contributed by atoms with Gasteiger partial charge >= 0.3 is 12.6 Å². The normalized spacial score (nSPS) is 24.7. The van der Waals surface area contributed by atoms with Crippen LogP contribution in [0, 0.1) is 5.41 Å². The smallest absolute Gasteiger partial charge is 0.388 e. The van der Waals surface area contributed by atoms with E-state index < -0.39 is 18.7 Å². The molecule has 1 aromatic heterocycles. The van der Waals surface area contributed by atoms with Crippen molar-refractivity contribution in [2.75, 3.05) is 0 Å². The lowest BCUT2D eigenvalue weighted by atomic mass is 9.52. The zero-order valence-corrected chi connectivity index (χ0v) is 12.5. The van der Waals surface area contributed by atoms with Gasteiger partial charge in [-0.25, -0.2) is 9.78 Å². The summed E-state index contributed by atoms with van der Waals surface area (Å²) in [5, 5.41) is 15.5. The predicted molar refractivity (Wildman–Crippen MR) is 76.9 cm³/mol. The molecule has 0 bridgehead atoms. The fourth-order valence-electron chi connectivity index (χ4n) is 3.32. The molecule has 1 aromatic rings. The number of hydrogen-bond donors (Lipinski definition) is 3. The van der Waals surface area contributed by atoms with E-state index in [-0.39, 0.29) is 23.9 Å². The van der Waals surface area contributed by atoms with Crippen LogP contribution >= 0.6 is 0 Å². The Morgan fingerprint density at radius 2 is 2.30 bits per heavy atom. The van der Waals surface area contributed by atoms with Gasteiger partial charge in [0.2, 0.25) is 5.88 Å². The van der Waals surface area contributed by atoms with Gasteiger partial charge in [-0.3, -0.25) is 0 Å². The molecule has 2 aliphatic rings. The van der Waals surface area contributed by atoms with Gasteiger partial charge in [0.25, 0.3) is 0 Å². The van der Waals surface area contributed by atoms with Gasteiger partial charge in [0, 0.05) is 24.2 Å². The second-order valence-electron chi connectivity index (χ2n) is 6.18. The number of pyridine rings is 1. The van der Waals surface area contributed by atoms with Crippen molar-refractivity contribution in [1.29, 1.82) is 0 Å². The van der Waals surface area contributed by atoms with Gasteiger partial charge in [0.05, 0.1) is 12.1 Å². The van der Waals surface area contributed by atoms with E-state index in [1.54, 1.807) is 6.07 Å². The maximum atomic E-state index is 12.1. The van der Waals surface area contributed by atoms with E-state index in [2.05, 4.69) is 20.4 Å². The molecule has 2 amide bonds. The Kier molecular flexibility index (Phi) is 4.34. The van der Waals surface area contributed by atoms with Gasteiger partial charge in [-0.15, -0.1) is 0 Å². The number of aliphatic hydroxyl groups excluding tert-OH is 1. The Bertz CT molecular complexity index is 581. The molecule has 2 fully saturated rings. The lowest BCUT2D eigenvalue weighted by molar-refractivity contribution is -0.138. The first kappa shape index (κ1) is 15.9. The zero-order valence-electron chi connectivity index (χ0n) is 12.5. The number of ether oxygens (including phenoxy) is 1. The van der Waals surface area contributed by atoms with Crippen molar-refractivity contribution in [3.05, 3.63) is 23.9 Å². The van der Waals surface area contributed by atoms with Crippen LogP contribution in [0.5, 0.6) is 5.88 Å². The number of nitrogens with one attached hydrogen (secondary N) is 2. The van der Waals surface area contributed by atoms with Gasteiger partial charge in [-0.1, -0.05) is 6.42 Å². The summed E-state index contributed by atoms with van der Waals surface area (Å²) in [6, 6.07) is 2.33. The van der Waals surface area contributed by atoms with Crippen molar-refractivity contribution in [1.82, 2.24) is 15.6 Å². The molecule has 1 spiro atoms. The summed E-state index contributed by atoms with van der Waals surface area (Å²) < 4.78 is 28.4. The Morgan fingerprint density at radius 3 is 2.91 bits per heavy atom. The van der Waals surface area contributed by atoms with Gasteiger partial charge in [-0.05, 0) is 30.9 Å². The quantitative estimate of drug-likeness (QED) is 0.770. The SMILES string of the molecule is O=C(NCc1ccnc(OC(F)F)c1)N[C@@H]1CC2(CCC2)[C@H]1O. The second kappa shape index (κ2) is 6.27. The van der Waals surface area contributed by atoms with E-state index >= 15 is 0 Å². The fraction of sp³-hybridized carbons (Fsp3) is 0.600. The lowest BCUT2D eigenvalue weighted by Gasteiger charge is -2.58. The van der Waals surface area contributed by atoms with Crippen LogP contribution in [0.15, 0.2) is 18.3 Å². The molecule has 0 unspecified atom stereocenters. The Hall–Kier alpha value is -1.96. The van der Waals surface area contributed by atoms with Crippen LogP contribution in [0.3, 0.4) is 0 Å². The summed E-state index contributed by atoms with van der Waals surface area (Å²) in [6.45, 7) is -2.78. The van der Waals surface area contributed by atoms with Crippen molar-refractivity contribution < 1.29 is 23.4 Å². The third-order valence-corrected chi connectivity index (χ3v) is 4.76. The summed E-state index contributed by atoms with van der Waals surface area (Å²) in [6.07, 6.45) is 4.86. The molecular formula is C15H19F2N3O3. The van der Waals surface area contributed by atoms with Gasteiger partial charge in [0.15, 0.2) is 0 Å². The number of alkyl halides is 2. The summed E-state index contributed by atoms with van der Waals surface area (Å²) in [5.74, 6) is -0.193. The van der Waals surface area contributed by atoms with Crippen LogP contribution in [-0.2, 0) is 6.54 Å². The Labute approximate surface area is 132 Å². The maximum Gasteiger partial charge on any atom is 0.388 e. The number of carbonyl (C=O) groups excluding carboxylic acids is 1. The molecule has 0 saturated heterocycles. The number of nitrogens with zero attached hydrogens (tertiary/aromatic N) is 1. The van der Waals surface area contributed by atoms with Crippen LogP contribution in [0.2, 0.25) is 0 Å². The van der Waals surface area contributed by atoms with Crippen LogP contribution in [0.4, 0.5) is 13.6 Å². The third-order valence-electron chi connectivity index (χ3n) is 4.76. The minimum Gasteiger partial charge on any atom is -0.417 e. The number of aliphatic hydroxyl groups is 1. The number of urea groups is 1. The third kappa shape index (κ3) is 3.36. The fourth-order valence-corrected chi connectivity index (χ4v) is 3.32. The highest BCUT2D eigenvalue weighted by molar-refractivity contribution is 5.74. The molecular weight excluding hydrogens is 308 g/mol. The van der Waals surface area contributed by atoms with Crippen LogP contribution in [0.25, 0.3) is 0 Å². The first-order valence-electron chi connectivity index (χ1n) is 7.61. The van der Waals surface area contributed by atoms with Gasteiger partial charge in [0.1, 0.15) is 0 Å². The number of rotatable bonds is 5. The highest BCUT2D eigenvalue weighted by Gasteiger charge is 2.56. The summed E-state index contributed by atoms with van der Waals surface area (Å²) >= 11 is 0. The summed E-state index contributed by atoms with van der Waals surface area (Å²) in [7, 11) is 0. The maximum absolute atomic E-state index is 12.1. The molecule has 2 saturated carbocycles. The minimum atomic E-state index is -2.94. The predicted octanol–water partition coefficient (Wildman–Crippen LogP) is 1.79. The van der Waals surface area contributed by atoms with Crippen molar-refractivity contribution in [2.24, 2.45) is 5.41 Å². The van der Waals surface area contributed by atoms with Crippen molar-refractivity contribution in [2.45, 2.75) is 51.0 Å². The molecule has 8 heteroatoms. The first-order valence-corrected chi connectivity index (χ1v) is 7.61. The zero-order chi connectivity index (χ0) is 16.4. The topological polar surface area (TPSA) is 83.5 Å². The molecule has 3 rings (SSSR count). The molecule has 0 aromatic carbocycles. The van der Waals surface area contributed by atoms with Gasteiger partial charge in [-0.2, -0.15) is 8.78 Å². The van der Waals surface area contributed by atoms with Gasteiger partial charge < -0.3 is 20.5 Å². The van der Waals surface area contributed by atoms with E-state index in [0.717, 1.165) is 25.7 Å². The highest BCUT2D eigenvalue weighted by Crippen LogP contribution is 2.55. The minimum absolute atomic E-state index is 0.0323. The molecule has 2 aliphatic carbocycles. The molecule has 1 heterocycles. The summed E-state index contributed by atoms with van der Waals surface area (Å²) in [4.78, 5) is 15.5. The second-order valence-corrected chi connectivity index (χ2v) is 6.18. The average Bonchev–Trinajstić information content (AvgIpc) is 2.46. The van der Waals surface area contributed by atoms with E-state index in [1.165, 1.54) is 12.3 Å². The van der Waals surface area contributed by atoms with Crippen LogP contribution < -0.4 is 15.4 Å². The van der Waals surface area contributed by atoms with E-state index in [4.69, 9.17) is 0 Å². The number of aromatic nitrogens is 1. The van der Waals surface area contributed by atoms with E-state index in [0.29, 0.717) is 5.56 Å². The molecule has 23 heavy (non-hydrogen) atoms. The molecule has 126 valence electrons. The van der Waals surface area contributed by atoms with Crippen LogP contribution in [0.1, 0.15) is 31.2 Å². The lowest BCUT2D eigenvalue weighted by Crippen LogP contribution is -2.66. The highest BCUT2D eigenvalue weighted by atomic mass is 19.3. The molecule has 0 aliphatic heterocycles. The number of amides is 2. The van der Waals surface area contributed by atoms with E-state index in [1.807, 2.05) is 0 Å². The number of halogens is 2. The molecule has 0 radical (unpaired) electrons. The number of carbonyl (C=O) groups is 1. The summed E-state index contributed by atoms with van der Waals surface area (Å²) in [5.41, 5.74) is 0.625. The average molecular weight is 327 g/mol. The van der Waals surface area contributed by atoms with E-state index in [9.17, 15) is 18.7 Å². The molecule has 2 atom stereocenters. The molecule has 6 nitrogen and oxygen atoms in total. The standard InChI is InChI=1S/C15H19F2N3O3/c16-13(17)23-11-6-9(2-5-18-11)8-19-14(22)20-10-7-15(12(10)21)3-1-4-15/h2,5-6,10,12-13,21H,1,3-4,7-8H2,(H2,19,20,22)/t10-,12+/m1/s1. The van der Waals surface area contributed by atoms with Crippen LogP contribution in [-0.4, -0.2) is 34.9 Å².